The highest BCUT2D eigenvalue weighted by atomic mass is 35.5. The first kappa shape index (κ1) is 34.0. The minimum atomic E-state index is -0.296. The van der Waals surface area contributed by atoms with E-state index in [1.807, 2.05) is 62.2 Å². The summed E-state index contributed by atoms with van der Waals surface area (Å²) in [4.78, 5) is 28.2. The Balaban J connectivity index is 0.00000294. The Morgan fingerprint density at radius 3 is 2.22 bits per heavy atom. The SMILES string of the molecule is Cc1ccc(-c2cccc(F)c2)cc1NCC(=O)N(CCNC(C)C)CC(=O)N(C)N1Cc2ccccc2C1.Cl.Cl. The first-order chi connectivity index (χ1) is 18.7. The maximum absolute atomic E-state index is 13.8. The van der Waals surface area contributed by atoms with Gasteiger partial charge in [0, 0.05) is 45.0 Å². The minimum Gasteiger partial charge on any atom is -0.376 e. The zero-order chi connectivity index (χ0) is 27.9. The van der Waals surface area contributed by atoms with Crippen LogP contribution < -0.4 is 10.6 Å². The number of fused-ring (bicyclic) bond motifs is 1. The number of likely N-dealkylation sites (N-methyl/N-ethyl adjacent to an activating group) is 1. The second-order valence-corrected chi connectivity index (χ2v) is 10.3. The van der Waals surface area contributed by atoms with Gasteiger partial charge >= 0.3 is 0 Å². The van der Waals surface area contributed by atoms with Gasteiger partial charge in [-0.3, -0.25) is 14.6 Å². The zero-order valence-corrected chi connectivity index (χ0v) is 25.7. The van der Waals surface area contributed by atoms with Crippen LogP contribution in [-0.4, -0.2) is 66.0 Å². The zero-order valence-electron chi connectivity index (χ0n) is 24.0. The Hall–Kier alpha value is -3.17. The summed E-state index contributed by atoms with van der Waals surface area (Å²) >= 11 is 0. The summed E-state index contributed by atoms with van der Waals surface area (Å²) in [5.41, 5.74) is 5.82. The van der Waals surface area contributed by atoms with E-state index in [1.165, 1.54) is 23.3 Å². The van der Waals surface area contributed by atoms with Gasteiger partial charge in [0.2, 0.25) is 5.91 Å². The molecule has 2 N–H and O–H groups in total. The van der Waals surface area contributed by atoms with E-state index in [4.69, 9.17) is 0 Å². The second-order valence-electron chi connectivity index (χ2n) is 10.3. The molecule has 0 aliphatic carbocycles. The van der Waals surface area contributed by atoms with Crippen molar-refractivity contribution in [2.24, 2.45) is 0 Å². The third kappa shape index (κ3) is 9.16. The van der Waals surface area contributed by atoms with Gasteiger partial charge in [0.15, 0.2) is 0 Å². The molecule has 0 spiro atoms. The Bertz CT molecular complexity index is 1300. The van der Waals surface area contributed by atoms with Crippen LogP contribution in [-0.2, 0) is 22.7 Å². The van der Waals surface area contributed by atoms with Crippen molar-refractivity contribution in [1.29, 1.82) is 0 Å². The molecule has 4 rings (SSSR count). The highest BCUT2D eigenvalue weighted by Gasteiger charge is 2.27. The Labute approximate surface area is 254 Å². The average molecular weight is 605 g/mol. The summed E-state index contributed by atoms with van der Waals surface area (Å²) in [6, 6.07) is 20.7. The normalized spacial score (nSPS) is 12.2. The lowest BCUT2D eigenvalue weighted by molar-refractivity contribution is -0.151. The molecule has 2 amide bonds. The van der Waals surface area contributed by atoms with Crippen LogP contribution in [0.15, 0.2) is 66.7 Å². The van der Waals surface area contributed by atoms with Crippen molar-refractivity contribution in [3.05, 3.63) is 89.2 Å². The van der Waals surface area contributed by atoms with Crippen molar-refractivity contribution in [2.45, 2.75) is 39.9 Å². The van der Waals surface area contributed by atoms with Gasteiger partial charge in [-0.15, -0.1) is 24.8 Å². The number of hydrazine groups is 1. The van der Waals surface area contributed by atoms with Crippen molar-refractivity contribution in [3.8, 4) is 11.1 Å². The first-order valence-electron chi connectivity index (χ1n) is 13.4. The van der Waals surface area contributed by atoms with E-state index in [9.17, 15) is 14.0 Å². The Morgan fingerprint density at radius 1 is 0.927 bits per heavy atom. The molecule has 10 heteroatoms. The highest BCUT2D eigenvalue weighted by Crippen LogP contribution is 2.26. The van der Waals surface area contributed by atoms with Gasteiger partial charge in [-0.1, -0.05) is 62.4 Å². The maximum Gasteiger partial charge on any atom is 0.256 e. The van der Waals surface area contributed by atoms with Gasteiger partial charge < -0.3 is 15.5 Å². The molecule has 0 saturated heterocycles. The number of benzene rings is 3. The minimum absolute atomic E-state index is 0. The average Bonchev–Trinajstić information content (AvgIpc) is 3.35. The lowest BCUT2D eigenvalue weighted by atomic mass is 10.0. The number of amides is 2. The van der Waals surface area contributed by atoms with Crippen LogP contribution in [0, 0.1) is 12.7 Å². The Morgan fingerprint density at radius 2 is 1.59 bits per heavy atom. The molecule has 0 fully saturated rings. The number of carbonyl (C=O) groups is 2. The topological polar surface area (TPSA) is 67.9 Å². The van der Waals surface area contributed by atoms with Crippen LogP contribution in [0.4, 0.5) is 10.1 Å². The summed E-state index contributed by atoms with van der Waals surface area (Å²) in [6.45, 7) is 8.43. The lowest BCUT2D eigenvalue weighted by Gasteiger charge is -2.31. The van der Waals surface area contributed by atoms with Crippen molar-refractivity contribution >= 4 is 42.3 Å². The fraction of sp³-hybridized carbons (Fsp3) is 0.355. The van der Waals surface area contributed by atoms with E-state index >= 15 is 0 Å². The van der Waals surface area contributed by atoms with Gasteiger partial charge in [0.25, 0.3) is 5.91 Å². The van der Waals surface area contributed by atoms with Gasteiger partial charge in [0.05, 0.1) is 6.54 Å². The first-order valence-corrected chi connectivity index (χ1v) is 13.4. The van der Waals surface area contributed by atoms with Crippen LogP contribution in [0.5, 0.6) is 0 Å². The summed E-state index contributed by atoms with van der Waals surface area (Å²) in [6.07, 6.45) is 0. The van der Waals surface area contributed by atoms with Crippen LogP contribution >= 0.6 is 24.8 Å². The van der Waals surface area contributed by atoms with Crippen LogP contribution in [0.2, 0.25) is 0 Å². The number of hydrogen-bond acceptors (Lipinski definition) is 5. The van der Waals surface area contributed by atoms with Crippen LogP contribution in [0.25, 0.3) is 11.1 Å². The molecule has 1 heterocycles. The standard InChI is InChI=1S/C31H38FN5O2.2ClH/c1-22(2)33-14-15-36(21-31(39)35(4)37-19-26-8-5-6-9-27(26)20-37)30(38)18-34-29-17-25(13-12-23(29)3)24-10-7-11-28(32)16-24;;/h5-13,16-17,22,33-34H,14-15,18-21H2,1-4H3;2*1H. The van der Waals surface area contributed by atoms with E-state index in [1.54, 1.807) is 23.0 Å². The fourth-order valence-electron chi connectivity index (χ4n) is 4.67. The second kappa shape index (κ2) is 15.7. The van der Waals surface area contributed by atoms with Crippen LogP contribution in [0.3, 0.4) is 0 Å². The van der Waals surface area contributed by atoms with Gasteiger partial charge in [-0.2, -0.15) is 0 Å². The number of aryl methyl sites for hydroxylation is 1. The predicted molar refractivity (Wildman–Crippen MR) is 168 cm³/mol. The summed E-state index contributed by atoms with van der Waals surface area (Å²) in [7, 11) is 1.77. The molecule has 41 heavy (non-hydrogen) atoms. The quantitative estimate of drug-likeness (QED) is 0.312. The highest BCUT2D eigenvalue weighted by molar-refractivity contribution is 5.87. The van der Waals surface area contributed by atoms with Gasteiger partial charge in [0.1, 0.15) is 12.4 Å². The maximum atomic E-state index is 13.8. The van der Waals surface area contributed by atoms with Crippen molar-refractivity contribution in [3.63, 3.8) is 0 Å². The van der Waals surface area contributed by atoms with E-state index in [2.05, 4.69) is 22.8 Å². The lowest BCUT2D eigenvalue weighted by Crippen LogP contribution is -2.49. The smallest absolute Gasteiger partial charge is 0.256 e. The molecule has 222 valence electrons. The number of halogens is 3. The molecule has 0 aromatic heterocycles. The summed E-state index contributed by atoms with van der Waals surface area (Å²) < 4.78 is 13.8. The molecule has 1 aliphatic heterocycles. The number of nitrogens with zero attached hydrogens (tertiary/aromatic N) is 3. The third-order valence-corrected chi connectivity index (χ3v) is 7.05. The third-order valence-electron chi connectivity index (χ3n) is 7.05. The molecule has 0 radical (unpaired) electrons. The number of hydrogen-bond donors (Lipinski definition) is 2. The number of rotatable bonds is 11. The number of anilines is 1. The largest absolute Gasteiger partial charge is 0.376 e. The molecule has 7 nitrogen and oxygen atoms in total. The molecule has 0 bridgehead atoms. The van der Waals surface area contributed by atoms with E-state index in [-0.39, 0.29) is 61.6 Å². The van der Waals surface area contributed by atoms with Gasteiger partial charge in [-0.25, -0.2) is 9.40 Å². The molecular formula is C31H40Cl2FN5O2. The van der Waals surface area contributed by atoms with E-state index in [0.29, 0.717) is 26.2 Å². The fourth-order valence-corrected chi connectivity index (χ4v) is 4.67. The molecule has 3 aromatic rings. The molecule has 1 aliphatic rings. The number of carbonyl (C=O) groups excluding carboxylic acids is 2. The van der Waals surface area contributed by atoms with E-state index < -0.39 is 0 Å². The number of nitrogens with one attached hydrogen (secondary N) is 2. The van der Waals surface area contributed by atoms with Gasteiger partial charge in [-0.05, 0) is 52.9 Å². The monoisotopic (exact) mass is 603 g/mol. The summed E-state index contributed by atoms with van der Waals surface area (Å²) in [5.74, 6) is -0.594. The Kier molecular flexibility index (Phi) is 13.1. The van der Waals surface area contributed by atoms with Crippen LogP contribution in [0.1, 0.15) is 30.5 Å². The van der Waals surface area contributed by atoms with E-state index in [0.717, 1.165) is 22.4 Å². The molecule has 0 saturated carbocycles. The molecule has 0 unspecified atom stereocenters. The van der Waals surface area contributed by atoms with Crippen molar-refractivity contribution < 1.29 is 14.0 Å². The predicted octanol–water partition coefficient (Wildman–Crippen LogP) is 5.27. The van der Waals surface area contributed by atoms with Crippen molar-refractivity contribution in [2.75, 3.05) is 38.5 Å². The molecule has 3 aromatic carbocycles. The summed E-state index contributed by atoms with van der Waals surface area (Å²) in [5, 5.41) is 10.2. The molecule has 0 atom stereocenters. The molecular weight excluding hydrogens is 564 g/mol. The van der Waals surface area contributed by atoms with Crippen molar-refractivity contribution in [1.82, 2.24) is 20.2 Å².